The standard InChI is InChI=1S/C14H14N4O2S2/c1-2-12-17-18-14(22-12)16-11(19)7-20-8-13-15-9-5-3-4-6-10(9)21-13/h3-6H,2,7-8H2,1H3,(H,16,18,19). The summed E-state index contributed by atoms with van der Waals surface area (Å²) in [5.41, 5.74) is 0.955. The number of rotatable bonds is 6. The van der Waals surface area contributed by atoms with Gasteiger partial charge in [0.2, 0.25) is 5.13 Å². The molecule has 0 aliphatic rings. The lowest BCUT2D eigenvalue weighted by Crippen LogP contribution is -2.18. The Hall–Kier alpha value is -1.90. The van der Waals surface area contributed by atoms with Crippen molar-refractivity contribution in [2.24, 2.45) is 0 Å². The van der Waals surface area contributed by atoms with Crippen LogP contribution in [0.5, 0.6) is 0 Å². The van der Waals surface area contributed by atoms with E-state index in [0.717, 1.165) is 26.7 Å². The fourth-order valence-electron chi connectivity index (χ4n) is 1.82. The Kier molecular flexibility index (Phi) is 4.71. The monoisotopic (exact) mass is 334 g/mol. The summed E-state index contributed by atoms with van der Waals surface area (Å²) in [5.74, 6) is -0.236. The molecule has 3 aromatic rings. The summed E-state index contributed by atoms with van der Waals surface area (Å²) in [4.78, 5) is 16.2. The van der Waals surface area contributed by atoms with Crippen molar-refractivity contribution in [3.8, 4) is 0 Å². The lowest BCUT2D eigenvalue weighted by Gasteiger charge is -2.01. The first kappa shape index (κ1) is 15.0. The number of hydrogen-bond acceptors (Lipinski definition) is 7. The van der Waals surface area contributed by atoms with Crippen molar-refractivity contribution >= 4 is 43.9 Å². The Morgan fingerprint density at radius 2 is 2.09 bits per heavy atom. The van der Waals surface area contributed by atoms with Gasteiger partial charge < -0.3 is 4.74 Å². The molecule has 22 heavy (non-hydrogen) atoms. The van der Waals surface area contributed by atoms with Crippen molar-refractivity contribution in [2.75, 3.05) is 11.9 Å². The molecule has 0 spiro atoms. The molecule has 114 valence electrons. The number of amides is 1. The summed E-state index contributed by atoms with van der Waals surface area (Å²) >= 11 is 2.95. The number of aromatic nitrogens is 3. The van der Waals surface area contributed by atoms with Gasteiger partial charge in [0.1, 0.15) is 16.6 Å². The number of aryl methyl sites for hydroxylation is 1. The molecule has 1 amide bonds. The normalized spacial score (nSPS) is 11.0. The highest BCUT2D eigenvalue weighted by molar-refractivity contribution is 7.18. The second kappa shape index (κ2) is 6.91. The van der Waals surface area contributed by atoms with Crippen LogP contribution in [0.25, 0.3) is 10.2 Å². The summed E-state index contributed by atoms with van der Waals surface area (Å²) < 4.78 is 6.53. The predicted molar refractivity (Wildman–Crippen MR) is 87.2 cm³/mol. The molecule has 0 fully saturated rings. The SMILES string of the molecule is CCc1nnc(NC(=O)COCc2nc3ccccc3s2)s1. The smallest absolute Gasteiger partial charge is 0.252 e. The van der Waals surface area contributed by atoms with Gasteiger partial charge in [-0.25, -0.2) is 4.98 Å². The predicted octanol–water partition coefficient (Wildman–Crippen LogP) is 2.87. The summed E-state index contributed by atoms with van der Waals surface area (Å²) in [6.07, 6.45) is 0.807. The molecular formula is C14H14N4O2S2. The highest BCUT2D eigenvalue weighted by atomic mass is 32.1. The Bertz CT molecular complexity index is 751. The van der Waals surface area contributed by atoms with Crippen molar-refractivity contribution in [3.63, 3.8) is 0 Å². The van der Waals surface area contributed by atoms with Gasteiger partial charge in [-0.3, -0.25) is 10.1 Å². The van der Waals surface area contributed by atoms with Crippen molar-refractivity contribution < 1.29 is 9.53 Å². The van der Waals surface area contributed by atoms with Gasteiger partial charge in [-0.1, -0.05) is 30.4 Å². The summed E-state index contributed by atoms with van der Waals surface area (Å²) in [7, 11) is 0. The first-order valence-corrected chi connectivity index (χ1v) is 8.42. The van der Waals surface area contributed by atoms with Crippen molar-refractivity contribution in [3.05, 3.63) is 34.3 Å². The van der Waals surface area contributed by atoms with Crippen LogP contribution in [0.2, 0.25) is 0 Å². The van der Waals surface area contributed by atoms with Crippen LogP contribution < -0.4 is 5.32 Å². The van der Waals surface area contributed by atoms with E-state index >= 15 is 0 Å². The third-order valence-electron chi connectivity index (χ3n) is 2.81. The Labute approximate surface area is 135 Å². The zero-order valence-electron chi connectivity index (χ0n) is 11.9. The van der Waals surface area contributed by atoms with Gasteiger partial charge in [0.15, 0.2) is 0 Å². The van der Waals surface area contributed by atoms with Gasteiger partial charge in [-0.05, 0) is 18.6 Å². The number of carbonyl (C=O) groups is 1. The maximum atomic E-state index is 11.8. The molecule has 0 radical (unpaired) electrons. The summed E-state index contributed by atoms with van der Waals surface area (Å²) in [5, 5.41) is 12.8. The van der Waals surface area contributed by atoms with Crippen LogP contribution in [-0.2, 0) is 22.6 Å². The molecule has 0 saturated carbocycles. The average Bonchev–Trinajstić information content (AvgIpc) is 3.13. The van der Waals surface area contributed by atoms with Crippen LogP contribution in [-0.4, -0.2) is 27.7 Å². The zero-order chi connectivity index (χ0) is 15.4. The van der Waals surface area contributed by atoms with Crippen LogP contribution >= 0.6 is 22.7 Å². The van der Waals surface area contributed by atoms with Crippen molar-refractivity contribution in [1.82, 2.24) is 15.2 Å². The molecule has 1 N–H and O–H groups in total. The first-order valence-electron chi connectivity index (χ1n) is 6.79. The molecule has 3 rings (SSSR count). The maximum absolute atomic E-state index is 11.8. The number of fused-ring (bicyclic) bond motifs is 1. The molecule has 2 heterocycles. The average molecular weight is 334 g/mol. The van der Waals surface area contributed by atoms with Crippen LogP contribution in [0.3, 0.4) is 0 Å². The number of anilines is 1. The number of hydrogen-bond donors (Lipinski definition) is 1. The minimum Gasteiger partial charge on any atom is -0.364 e. The highest BCUT2D eigenvalue weighted by Crippen LogP contribution is 2.22. The van der Waals surface area contributed by atoms with E-state index in [1.165, 1.54) is 11.3 Å². The highest BCUT2D eigenvalue weighted by Gasteiger charge is 2.09. The summed E-state index contributed by atoms with van der Waals surface area (Å²) in [6, 6.07) is 7.91. The number of ether oxygens (including phenoxy) is 1. The number of carbonyl (C=O) groups excluding carboxylic acids is 1. The van der Waals surface area contributed by atoms with E-state index in [0.29, 0.717) is 11.7 Å². The third kappa shape index (κ3) is 3.65. The van der Waals surface area contributed by atoms with Gasteiger partial charge >= 0.3 is 0 Å². The second-order valence-electron chi connectivity index (χ2n) is 4.47. The quantitative estimate of drug-likeness (QED) is 0.750. The fraction of sp³-hybridized carbons (Fsp3) is 0.286. The molecule has 2 aromatic heterocycles. The molecule has 8 heteroatoms. The molecule has 0 unspecified atom stereocenters. The van der Waals surface area contributed by atoms with E-state index in [4.69, 9.17) is 4.74 Å². The zero-order valence-corrected chi connectivity index (χ0v) is 13.5. The van der Waals surface area contributed by atoms with Gasteiger partial charge in [-0.2, -0.15) is 0 Å². The van der Waals surface area contributed by atoms with Crippen LogP contribution in [0.1, 0.15) is 16.9 Å². The minimum absolute atomic E-state index is 0.0308. The first-order chi connectivity index (χ1) is 10.7. The lowest BCUT2D eigenvalue weighted by atomic mass is 10.3. The molecule has 0 bridgehead atoms. The molecular weight excluding hydrogens is 320 g/mol. The van der Waals surface area contributed by atoms with Crippen molar-refractivity contribution in [2.45, 2.75) is 20.0 Å². The fourth-order valence-corrected chi connectivity index (χ4v) is 3.42. The van der Waals surface area contributed by atoms with E-state index in [1.807, 2.05) is 31.2 Å². The Morgan fingerprint density at radius 1 is 1.23 bits per heavy atom. The second-order valence-corrected chi connectivity index (χ2v) is 6.65. The van der Waals surface area contributed by atoms with Gasteiger partial charge in [0.25, 0.3) is 5.91 Å². The van der Waals surface area contributed by atoms with Crippen LogP contribution in [0.15, 0.2) is 24.3 Å². The lowest BCUT2D eigenvalue weighted by molar-refractivity contribution is -0.121. The van der Waals surface area contributed by atoms with E-state index in [2.05, 4.69) is 20.5 Å². The van der Waals surface area contributed by atoms with Gasteiger partial charge in [0, 0.05) is 0 Å². The van der Waals surface area contributed by atoms with E-state index in [1.54, 1.807) is 11.3 Å². The molecule has 0 aliphatic carbocycles. The summed E-state index contributed by atoms with van der Waals surface area (Å²) in [6.45, 7) is 2.29. The topological polar surface area (TPSA) is 77.0 Å². The third-order valence-corrected chi connectivity index (χ3v) is 4.81. The Balaban J connectivity index is 1.48. The number of nitrogens with zero attached hydrogens (tertiary/aromatic N) is 3. The molecule has 0 saturated heterocycles. The largest absolute Gasteiger partial charge is 0.364 e. The van der Waals surface area contributed by atoms with Gasteiger partial charge in [-0.15, -0.1) is 21.5 Å². The van der Waals surface area contributed by atoms with Gasteiger partial charge in [0.05, 0.1) is 16.8 Å². The van der Waals surface area contributed by atoms with Crippen molar-refractivity contribution in [1.29, 1.82) is 0 Å². The van der Waals surface area contributed by atoms with E-state index in [-0.39, 0.29) is 12.5 Å². The molecule has 1 aromatic carbocycles. The molecule has 0 atom stereocenters. The van der Waals surface area contributed by atoms with E-state index in [9.17, 15) is 4.79 Å². The number of thiazole rings is 1. The molecule has 6 nitrogen and oxygen atoms in total. The minimum atomic E-state index is -0.236. The Morgan fingerprint density at radius 3 is 2.86 bits per heavy atom. The van der Waals surface area contributed by atoms with Crippen LogP contribution in [0, 0.1) is 0 Å². The van der Waals surface area contributed by atoms with Crippen LogP contribution in [0.4, 0.5) is 5.13 Å². The number of nitrogens with one attached hydrogen (secondary N) is 1. The van der Waals surface area contributed by atoms with E-state index < -0.39 is 0 Å². The molecule has 0 aliphatic heterocycles. The number of para-hydroxylation sites is 1. The maximum Gasteiger partial charge on any atom is 0.252 e. The number of benzene rings is 1.